The molecular weight excluding hydrogens is 340 g/mol. The molecule has 0 bridgehead atoms. The average molecular weight is 362 g/mol. The van der Waals surface area contributed by atoms with Crippen molar-refractivity contribution in [1.29, 1.82) is 0 Å². The first-order valence-electron chi connectivity index (χ1n) is 7.83. The first-order chi connectivity index (χ1) is 11.7. The number of carbonyl (C=O) groups is 1. The smallest absolute Gasteiger partial charge is 0.257 e. The topological polar surface area (TPSA) is 98.5 Å². The Hall–Kier alpha value is -2.38. The molecular formula is C18H22N2O4S. The molecule has 2 aromatic carbocycles. The number of primary sulfonamides is 1. The maximum absolute atomic E-state index is 11.8. The van der Waals surface area contributed by atoms with Crippen LogP contribution >= 0.6 is 0 Å². The van der Waals surface area contributed by atoms with Gasteiger partial charge in [-0.25, -0.2) is 13.6 Å². The second-order valence-corrected chi connectivity index (χ2v) is 7.46. The Morgan fingerprint density at radius 1 is 1.08 bits per heavy atom. The van der Waals surface area contributed by atoms with Crippen LogP contribution in [0.25, 0.3) is 0 Å². The summed E-state index contributed by atoms with van der Waals surface area (Å²) < 4.78 is 27.9. The normalized spacial score (nSPS) is 11.2. The van der Waals surface area contributed by atoms with Crippen LogP contribution in [0.3, 0.4) is 0 Å². The quantitative estimate of drug-likeness (QED) is 0.783. The third kappa shape index (κ3) is 6.21. The average Bonchev–Trinajstić information content (AvgIpc) is 2.52. The molecule has 0 spiro atoms. The third-order valence-corrected chi connectivity index (χ3v) is 4.48. The molecule has 0 aliphatic rings. The third-order valence-electron chi connectivity index (χ3n) is 3.55. The summed E-state index contributed by atoms with van der Waals surface area (Å²) in [6.45, 7) is 4.33. The number of carbonyl (C=O) groups excluding carboxylic acids is 1. The molecule has 25 heavy (non-hydrogen) atoms. The summed E-state index contributed by atoms with van der Waals surface area (Å²) in [6.07, 6.45) is 0.584. The Labute approximate surface area is 148 Å². The molecule has 0 heterocycles. The zero-order valence-corrected chi connectivity index (χ0v) is 15.1. The molecule has 0 aliphatic heterocycles. The highest BCUT2D eigenvalue weighted by atomic mass is 32.2. The molecule has 7 heteroatoms. The highest BCUT2D eigenvalue weighted by Gasteiger charge is 2.07. The van der Waals surface area contributed by atoms with E-state index in [4.69, 9.17) is 9.88 Å². The predicted molar refractivity (Wildman–Crippen MR) is 95.9 cm³/mol. The molecule has 0 saturated heterocycles. The van der Waals surface area contributed by atoms with Gasteiger partial charge in [-0.2, -0.15) is 0 Å². The van der Waals surface area contributed by atoms with Crippen LogP contribution in [0.5, 0.6) is 5.75 Å². The van der Waals surface area contributed by atoms with Crippen LogP contribution in [0.1, 0.15) is 16.7 Å². The van der Waals surface area contributed by atoms with Crippen molar-refractivity contribution in [1.82, 2.24) is 5.32 Å². The van der Waals surface area contributed by atoms with Gasteiger partial charge in [-0.05, 0) is 61.2 Å². The molecule has 2 aromatic rings. The van der Waals surface area contributed by atoms with E-state index < -0.39 is 10.0 Å². The summed E-state index contributed by atoms with van der Waals surface area (Å²) in [5.74, 6) is 0.464. The minimum absolute atomic E-state index is 0.0484. The van der Waals surface area contributed by atoms with Crippen LogP contribution in [0.4, 0.5) is 0 Å². The molecule has 1 amide bonds. The zero-order chi connectivity index (χ0) is 18.4. The molecule has 0 fully saturated rings. The van der Waals surface area contributed by atoms with Crippen LogP contribution in [-0.4, -0.2) is 27.5 Å². The van der Waals surface area contributed by atoms with Crippen molar-refractivity contribution in [3.8, 4) is 5.75 Å². The SMILES string of the molecule is Cc1cc(C)cc(OCC(=O)NCCc2ccc(S(N)(=O)=O)cc2)c1. The monoisotopic (exact) mass is 362 g/mol. The van der Waals surface area contributed by atoms with Gasteiger partial charge in [0.25, 0.3) is 5.91 Å². The molecule has 0 aromatic heterocycles. The fourth-order valence-electron chi connectivity index (χ4n) is 2.41. The number of benzene rings is 2. The van der Waals surface area contributed by atoms with E-state index >= 15 is 0 Å². The number of nitrogens with two attached hydrogens (primary N) is 1. The fraction of sp³-hybridized carbons (Fsp3) is 0.278. The minimum Gasteiger partial charge on any atom is -0.484 e. The Balaban J connectivity index is 1.76. The lowest BCUT2D eigenvalue weighted by Gasteiger charge is -2.09. The number of amides is 1. The molecule has 0 aliphatic carbocycles. The summed E-state index contributed by atoms with van der Waals surface area (Å²) in [5.41, 5.74) is 3.07. The number of aryl methyl sites for hydroxylation is 2. The van der Waals surface area contributed by atoms with Gasteiger partial charge in [0.2, 0.25) is 10.0 Å². The van der Waals surface area contributed by atoms with Crippen molar-refractivity contribution in [3.05, 3.63) is 59.2 Å². The summed E-state index contributed by atoms with van der Waals surface area (Å²) in [7, 11) is -3.68. The maximum Gasteiger partial charge on any atom is 0.257 e. The van der Waals surface area contributed by atoms with Gasteiger partial charge in [-0.1, -0.05) is 18.2 Å². The summed E-state index contributed by atoms with van der Waals surface area (Å²) >= 11 is 0. The van der Waals surface area contributed by atoms with Crippen molar-refractivity contribution in [2.75, 3.05) is 13.2 Å². The van der Waals surface area contributed by atoms with E-state index in [-0.39, 0.29) is 17.4 Å². The lowest BCUT2D eigenvalue weighted by atomic mass is 10.1. The summed E-state index contributed by atoms with van der Waals surface area (Å²) in [5, 5.41) is 7.82. The number of nitrogens with one attached hydrogen (secondary N) is 1. The van der Waals surface area contributed by atoms with Gasteiger partial charge in [0.15, 0.2) is 6.61 Å². The van der Waals surface area contributed by atoms with E-state index in [9.17, 15) is 13.2 Å². The lowest BCUT2D eigenvalue weighted by Crippen LogP contribution is -2.30. The molecule has 2 rings (SSSR count). The maximum atomic E-state index is 11.8. The van der Waals surface area contributed by atoms with E-state index in [0.717, 1.165) is 16.7 Å². The Morgan fingerprint density at radius 2 is 1.68 bits per heavy atom. The van der Waals surface area contributed by atoms with Gasteiger partial charge >= 0.3 is 0 Å². The number of hydrogen-bond donors (Lipinski definition) is 2. The molecule has 6 nitrogen and oxygen atoms in total. The number of hydrogen-bond acceptors (Lipinski definition) is 4. The van der Waals surface area contributed by atoms with E-state index in [2.05, 4.69) is 5.32 Å². The number of sulfonamides is 1. The van der Waals surface area contributed by atoms with Gasteiger partial charge < -0.3 is 10.1 Å². The second-order valence-electron chi connectivity index (χ2n) is 5.90. The van der Waals surface area contributed by atoms with Gasteiger partial charge in [0.05, 0.1) is 4.90 Å². The second kappa shape index (κ2) is 8.13. The summed E-state index contributed by atoms with van der Waals surface area (Å²) in [4.78, 5) is 11.9. The van der Waals surface area contributed by atoms with E-state index in [1.807, 2.05) is 32.0 Å². The van der Waals surface area contributed by atoms with E-state index in [1.165, 1.54) is 12.1 Å². The molecule has 3 N–H and O–H groups in total. The van der Waals surface area contributed by atoms with Crippen LogP contribution in [0.2, 0.25) is 0 Å². The lowest BCUT2D eigenvalue weighted by molar-refractivity contribution is -0.123. The van der Waals surface area contributed by atoms with Gasteiger partial charge in [-0.3, -0.25) is 4.79 Å². The van der Waals surface area contributed by atoms with Crippen LogP contribution in [-0.2, 0) is 21.2 Å². The van der Waals surface area contributed by atoms with Crippen molar-refractivity contribution < 1.29 is 17.9 Å². The first kappa shape index (κ1) is 19.0. The minimum atomic E-state index is -3.68. The molecule has 0 atom stereocenters. The van der Waals surface area contributed by atoms with Crippen molar-refractivity contribution >= 4 is 15.9 Å². The van der Waals surface area contributed by atoms with Crippen molar-refractivity contribution in [2.24, 2.45) is 5.14 Å². The first-order valence-corrected chi connectivity index (χ1v) is 9.38. The van der Waals surface area contributed by atoms with Crippen molar-refractivity contribution in [3.63, 3.8) is 0 Å². The Kier molecular flexibility index (Phi) is 6.17. The predicted octanol–water partition coefficient (Wildman–Crippen LogP) is 1.69. The largest absolute Gasteiger partial charge is 0.484 e. The van der Waals surface area contributed by atoms with Crippen molar-refractivity contribution in [2.45, 2.75) is 25.2 Å². The van der Waals surface area contributed by atoms with Gasteiger partial charge in [-0.15, -0.1) is 0 Å². The summed E-state index contributed by atoms with van der Waals surface area (Å²) in [6, 6.07) is 12.1. The molecule has 0 radical (unpaired) electrons. The highest BCUT2D eigenvalue weighted by molar-refractivity contribution is 7.89. The molecule has 134 valence electrons. The van der Waals surface area contributed by atoms with Crippen LogP contribution in [0, 0.1) is 13.8 Å². The Bertz CT molecular complexity index is 826. The van der Waals surface area contributed by atoms with Gasteiger partial charge in [0.1, 0.15) is 5.75 Å². The zero-order valence-electron chi connectivity index (χ0n) is 14.3. The van der Waals surface area contributed by atoms with Crippen LogP contribution in [0.15, 0.2) is 47.4 Å². The molecule has 0 saturated carbocycles. The van der Waals surface area contributed by atoms with E-state index in [1.54, 1.807) is 12.1 Å². The highest BCUT2D eigenvalue weighted by Crippen LogP contribution is 2.16. The van der Waals surface area contributed by atoms with Crippen LogP contribution < -0.4 is 15.2 Å². The number of ether oxygens (including phenoxy) is 1. The standard InChI is InChI=1S/C18H22N2O4S/c1-13-9-14(2)11-16(10-13)24-12-18(21)20-8-7-15-3-5-17(6-4-15)25(19,22)23/h3-6,9-11H,7-8,12H2,1-2H3,(H,20,21)(H2,19,22,23). The number of rotatable bonds is 7. The van der Waals surface area contributed by atoms with Gasteiger partial charge in [0, 0.05) is 6.54 Å². The Morgan fingerprint density at radius 3 is 2.24 bits per heavy atom. The molecule has 0 unspecified atom stereocenters. The fourth-order valence-corrected chi connectivity index (χ4v) is 2.92. The van der Waals surface area contributed by atoms with E-state index in [0.29, 0.717) is 18.7 Å².